The molecule has 1 aromatic rings. The Morgan fingerprint density at radius 1 is 0.687 bits per heavy atom. The lowest BCUT2D eigenvalue weighted by atomic mass is 10.0. The third-order valence-electron chi connectivity index (χ3n) is 10.1. The molecular weight excluding hydrogens is 892 g/mol. The summed E-state index contributed by atoms with van der Waals surface area (Å²) in [5, 5.41) is 74.2. The Bertz CT molecular complexity index is 1970. The Kier molecular flexibility index (Phi) is 22.5. The molecule has 67 heavy (non-hydrogen) atoms. The molecule has 0 unspecified atom stereocenters. The predicted molar refractivity (Wildman–Crippen MR) is 228 cm³/mol. The van der Waals surface area contributed by atoms with Gasteiger partial charge >= 0.3 is 11.9 Å². The van der Waals surface area contributed by atoms with Crippen LogP contribution in [-0.2, 0) is 59.2 Å². The van der Waals surface area contributed by atoms with E-state index >= 15 is 0 Å². The number of benzene rings is 1. The van der Waals surface area contributed by atoms with E-state index in [-0.39, 0.29) is 43.0 Å². The van der Waals surface area contributed by atoms with Crippen LogP contribution in [0.4, 0.5) is 0 Å². The first kappa shape index (κ1) is 56.2. The van der Waals surface area contributed by atoms with Crippen molar-refractivity contribution in [1.82, 2.24) is 42.1 Å². The summed E-state index contributed by atoms with van der Waals surface area (Å²) in [7, 11) is 0. The second-order valence-electron chi connectivity index (χ2n) is 16.0. The smallest absolute Gasteiger partial charge is 0.326 e. The normalized spacial score (nSPS) is 16.9. The van der Waals surface area contributed by atoms with Crippen molar-refractivity contribution < 1.29 is 83.4 Å². The number of nitrogens with zero attached hydrogens (tertiary/aromatic N) is 1. The van der Waals surface area contributed by atoms with E-state index in [1.165, 1.54) is 24.3 Å². The lowest BCUT2D eigenvalue weighted by Gasteiger charge is -2.30. The van der Waals surface area contributed by atoms with Gasteiger partial charge in [0.1, 0.15) is 54.1 Å². The molecule has 9 atom stereocenters. The number of carboxylic acids is 2. The summed E-state index contributed by atoms with van der Waals surface area (Å²) in [5.41, 5.74) is 10.9. The van der Waals surface area contributed by atoms with Crippen molar-refractivity contribution in [2.45, 2.75) is 114 Å². The molecule has 1 fully saturated rings. The minimum atomic E-state index is -2.04. The molecule has 1 heterocycles. The van der Waals surface area contributed by atoms with Crippen molar-refractivity contribution in [3.8, 4) is 5.75 Å². The molecule has 0 radical (unpaired) electrons. The number of aliphatic carboxylic acids is 2. The average Bonchev–Trinajstić information content (AvgIpc) is 3.75. The molecule has 9 amide bonds. The van der Waals surface area contributed by atoms with E-state index in [0.29, 0.717) is 0 Å². The zero-order valence-corrected chi connectivity index (χ0v) is 36.9. The Hall–Kier alpha value is -6.97. The number of nitrogens with one attached hydrogen (secondary N) is 7. The second-order valence-corrected chi connectivity index (χ2v) is 16.0. The molecule has 372 valence electrons. The molecule has 0 bridgehead atoms. The van der Waals surface area contributed by atoms with Crippen molar-refractivity contribution in [3.63, 3.8) is 0 Å². The number of carbonyl (C=O) groups is 11. The summed E-state index contributed by atoms with van der Waals surface area (Å²) in [5.74, 6) is -13.4. The third-order valence-corrected chi connectivity index (χ3v) is 10.1. The van der Waals surface area contributed by atoms with Crippen LogP contribution in [0.25, 0.3) is 0 Å². The number of phenols is 1. The number of phenolic OH excluding ortho intramolecular Hbond substituents is 1. The van der Waals surface area contributed by atoms with Crippen LogP contribution in [-0.4, -0.2) is 181 Å². The van der Waals surface area contributed by atoms with Crippen LogP contribution in [0.3, 0.4) is 0 Å². The number of likely N-dealkylation sites (tertiary alicyclic amines) is 1. The van der Waals surface area contributed by atoms with Gasteiger partial charge in [0.2, 0.25) is 53.2 Å². The van der Waals surface area contributed by atoms with Gasteiger partial charge in [0, 0.05) is 13.0 Å². The third kappa shape index (κ3) is 18.1. The van der Waals surface area contributed by atoms with Gasteiger partial charge in [-0.2, -0.15) is 0 Å². The number of hydrogen-bond donors (Lipinski definition) is 15. The zero-order chi connectivity index (χ0) is 50.7. The maximum atomic E-state index is 14.1. The highest BCUT2D eigenvalue weighted by molar-refractivity contribution is 6.00. The summed E-state index contributed by atoms with van der Waals surface area (Å²) in [6.07, 6.45) is -3.93. The molecule has 1 aliphatic rings. The molecule has 0 aromatic heterocycles. The second kappa shape index (κ2) is 26.9. The van der Waals surface area contributed by atoms with Gasteiger partial charge in [-0.3, -0.25) is 47.9 Å². The Balaban J connectivity index is 2.41. The molecule has 1 saturated heterocycles. The topological polar surface area (TPSA) is 449 Å². The molecule has 0 saturated carbocycles. The molecule has 17 N–H and O–H groups in total. The van der Waals surface area contributed by atoms with Gasteiger partial charge < -0.3 is 84.2 Å². The van der Waals surface area contributed by atoms with Crippen LogP contribution < -0.4 is 48.7 Å². The van der Waals surface area contributed by atoms with Gasteiger partial charge in [0.15, 0.2) is 0 Å². The fourth-order valence-corrected chi connectivity index (χ4v) is 6.71. The Labute approximate surface area is 383 Å². The van der Waals surface area contributed by atoms with Crippen molar-refractivity contribution in [2.24, 2.45) is 17.4 Å². The van der Waals surface area contributed by atoms with Crippen molar-refractivity contribution in [3.05, 3.63) is 29.8 Å². The number of amides is 9. The summed E-state index contributed by atoms with van der Waals surface area (Å²) >= 11 is 0. The molecule has 2 rings (SSSR count). The minimum Gasteiger partial charge on any atom is -0.508 e. The summed E-state index contributed by atoms with van der Waals surface area (Å²) in [6.45, 7) is 1.85. The van der Waals surface area contributed by atoms with E-state index < -0.39 is 159 Å². The minimum absolute atomic E-state index is 0.00234. The number of carbonyl (C=O) groups excluding carboxylic acids is 9. The molecule has 1 aliphatic heterocycles. The van der Waals surface area contributed by atoms with Crippen molar-refractivity contribution in [2.75, 3.05) is 26.3 Å². The Morgan fingerprint density at radius 3 is 1.73 bits per heavy atom. The molecule has 27 nitrogen and oxygen atoms in total. The number of primary amides is 1. The lowest BCUT2D eigenvalue weighted by Crippen LogP contribution is -2.62. The highest BCUT2D eigenvalue weighted by atomic mass is 16.4. The molecule has 0 aliphatic carbocycles. The fraction of sp³-hybridized carbons (Fsp3) is 0.575. The Morgan fingerprint density at radius 2 is 1.21 bits per heavy atom. The quantitative estimate of drug-likeness (QED) is 0.0390. The molecule has 0 spiro atoms. The van der Waals surface area contributed by atoms with E-state index in [9.17, 15) is 83.4 Å². The van der Waals surface area contributed by atoms with Crippen molar-refractivity contribution in [1.29, 1.82) is 0 Å². The highest BCUT2D eigenvalue weighted by Gasteiger charge is 2.41. The van der Waals surface area contributed by atoms with E-state index in [1.807, 2.05) is 0 Å². The van der Waals surface area contributed by atoms with E-state index in [1.54, 1.807) is 13.8 Å². The number of nitrogens with two attached hydrogens (primary N) is 2. The largest absolute Gasteiger partial charge is 0.508 e. The first-order chi connectivity index (χ1) is 31.4. The summed E-state index contributed by atoms with van der Waals surface area (Å²) in [4.78, 5) is 143. The number of hydrogen-bond acceptors (Lipinski definition) is 16. The molecular formula is C40H60N10O17. The first-order valence-electron chi connectivity index (χ1n) is 20.9. The van der Waals surface area contributed by atoms with Gasteiger partial charge in [-0.25, -0.2) is 4.79 Å². The maximum absolute atomic E-state index is 14.1. The maximum Gasteiger partial charge on any atom is 0.326 e. The molecule has 1 aromatic carbocycles. The number of carboxylic acid groups (broad SMARTS) is 2. The predicted octanol–water partition coefficient (Wildman–Crippen LogP) is -6.88. The molecule has 27 heteroatoms. The fourth-order valence-electron chi connectivity index (χ4n) is 6.71. The summed E-state index contributed by atoms with van der Waals surface area (Å²) < 4.78 is 0. The SMILES string of the molecule is CC(C)C[C@H](NC(=O)[C@H](CO)NC(=O)[C@@H]1CCCN1C(=O)[C@H](CC(N)=O)NC(=O)[C@H](Cc1ccc(O)cc1)NC(=O)[C@H](CC(=O)O)NC(=O)[C@@H](NC(=O)[C@H](CO)NC(=O)CN)[C@@H](C)O)C(=O)O. The van der Waals surface area contributed by atoms with Crippen LogP contribution in [0.2, 0.25) is 0 Å². The average molecular weight is 953 g/mol. The first-order valence-corrected chi connectivity index (χ1v) is 20.9. The number of aliphatic hydroxyl groups excluding tert-OH is 3. The van der Waals surface area contributed by atoms with Crippen LogP contribution >= 0.6 is 0 Å². The summed E-state index contributed by atoms with van der Waals surface area (Å²) in [6, 6.07) is -8.37. The van der Waals surface area contributed by atoms with Gasteiger partial charge in [0.25, 0.3) is 0 Å². The number of aromatic hydroxyl groups is 1. The van der Waals surface area contributed by atoms with Crippen molar-refractivity contribution >= 4 is 65.1 Å². The van der Waals surface area contributed by atoms with Crippen LogP contribution in [0.15, 0.2) is 24.3 Å². The van der Waals surface area contributed by atoms with Crippen LogP contribution in [0.1, 0.15) is 58.4 Å². The van der Waals surface area contributed by atoms with Crippen LogP contribution in [0, 0.1) is 5.92 Å². The zero-order valence-electron chi connectivity index (χ0n) is 36.9. The highest BCUT2D eigenvalue weighted by Crippen LogP contribution is 2.20. The number of rotatable bonds is 27. The monoisotopic (exact) mass is 952 g/mol. The lowest BCUT2D eigenvalue weighted by molar-refractivity contribution is -0.144. The number of aliphatic hydroxyl groups is 3. The standard InChI is InChI=1S/C40H60N10O17/c1-18(2)11-25(40(66)67)47-35(61)27(17-52)48-37(63)28-5-4-10-50(28)39(65)24(13-29(42)55)46-33(59)22(12-20-6-8-21(54)9-7-20)44-34(60)23(14-31(57)58)45-38(64)32(19(3)53)49-36(62)26(16-51)43-30(56)15-41/h6-9,18-19,22-28,32,51-54H,4-5,10-17,41H2,1-3H3,(H2,42,55)(H,43,56)(H,44,60)(H,45,64)(H,46,59)(H,47,61)(H,48,63)(H,49,62)(H,57,58)(H,66,67)/t19-,22+,23+,24+,25+,26+,27+,28+,32+/m1/s1. The van der Waals surface area contributed by atoms with Gasteiger partial charge in [-0.05, 0) is 49.8 Å². The van der Waals surface area contributed by atoms with Gasteiger partial charge in [0.05, 0.1) is 38.7 Å². The van der Waals surface area contributed by atoms with Gasteiger partial charge in [-0.15, -0.1) is 0 Å². The van der Waals surface area contributed by atoms with E-state index in [2.05, 4.69) is 37.2 Å². The van der Waals surface area contributed by atoms with Gasteiger partial charge in [-0.1, -0.05) is 26.0 Å². The van der Waals surface area contributed by atoms with E-state index in [4.69, 9.17) is 11.5 Å². The van der Waals surface area contributed by atoms with Crippen LogP contribution in [0.5, 0.6) is 5.75 Å². The van der Waals surface area contributed by atoms with E-state index in [0.717, 1.165) is 11.8 Å².